The van der Waals surface area contributed by atoms with E-state index in [1.165, 1.54) is 9.88 Å². The summed E-state index contributed by atoms with van der Waals surface area (Å²) < 4.78 is 0. The van der Waals surface area contributed by atoms with Crippen LogP contribution in [0.3, 0.4) is 0 Å². The molecule has 0 saturated heterocycles. The van der Waals surface area contributed by atoms with E-state index in [0.717, 1.165) is 19.5 Å². The Morgan fingerprint density at radius 3 is 2.80 bits per heavy atom. The van der Waals surface area contributed by atoms with Crippen molar-refractivity contribution in [2.75, 3.05) is 27.2 Å². The third-order valence-electron chi connectivity index (χ3n) is 2.30. The van der Waals surface area contributed by atoms with Crippen molar-refractivity contribution >= 4 is 11.3 Å². The molecule has 0 fully saturated rings. The summed E-state index contributed by atoms with van der Waals surface area (Å²) in [6.07, 6.45) is 3.08. The second-order valence-electron chi connectivity index (χ2n) is 4.00. The summed E-state index contributed by atoms with van der Waals surface area (Å²) in [5, 5.41) is 4.67. The molecule has 0 amide bonds. The number of hydrogen-bond donors (Lipinski definition) is 1. The molecule has 1 N–H and O–H groups in total. The molecule has 0 aliphatic heterocycles. The van der Waals surface area contributed by atoms with Crippen LogP contribution in [0.15, 0.2) is 6.20 Å². The van der Waals surface area contributed by atoms with Crippen LogP contribution in [0.25, 0.3) is 0 Å². The number of thiazole rings is 1. The van der Waals surface area contributed by atoms with Crippen LogP contribution in [0.5, 0.6) is 0 Å². The molecule has 0 bridgehead atoms. The maximum absolute atomic E-state index is 4.43. The number of nitrogens with one attached hydrogen (secondary N) is 1. The van der Waals surface area contributed by atoms with E-state index in [4.69, 9.17) is 0 Å². The quantitative estimate of drug-likeness (QED) is 0.805. The first-order chi connectivity index (χ1) is 7.13. The summed E-state index contributed by atoms with van der Waals surface area (Å²) in [4.78, 5) is 7.97. The first kappa shape index (κ1) is 12.6. The molecule has 15 heavy (non-hydrogen) atoms. The van der Waals surface area contributed by atoms with Crippen molar-refractivity contribution in [2.45, 2.75) is 26.3 Å². The minimum Gasteiger partial charge on any atom is -0.308 e. The molecular formula is C11H21N3S. The van der Waals surface area contributed by atoms with Crippen LogP contribution in [0.1, 0.15) is 29.8 Å². The predicted octanol–water partition coefficient (Wildman–Crippen LogP) is 1.92. The van der Waals surface area contributed by atoms with Crippen molar-refractivity contribution in [3.8, 4) is 0 Å². The van der Waals surface area contributed by atoms with E-state index >= 15 is 0 Å². The number of rotatable bonds is 6. The topological polar surface area (TPSA) is 28.2 Å². The summed E-state index contributed by atoms with van der Waals surface area (Å²) in [6.45, 7) is 6.42. The van der Waals surface area contributed by atoms with Gasteiger partial charge < -0.3 is 10.2 Å². The average Bonchev–Trinajstić information content (AvgIpc) is 2.65. The highest BCUT2D eigenvalue weighted by atomic mass is 32.1. The molecule has 1 heterocycles. The third kappa shape index (κ3) is 4.28. The van der Waals surface area contributed by atoms with E-state index < -0.39 is 0 Å². The first-order valence-electron chi connectivity index (χ1n) is 5.46. The zero-order valence-corrected chi connectivity index (χ0v) is 10.9. The van der Waals surface area contributed by atoms with E-state index in [9.17, 15) is 0 Å². The number of aromatic nitrogens is 1. The zero-order chi connectivity index (χ0) is 11.3. The van der Waals surface area contributed by atoms with Crippen LogP contribution in [0.2, 0.25) is 0 Å². The molecule has 1 aromatic heterocycles. The highest BCUT2D eigenvalue weighted by molar-refractivity contribution is 7.11. The lowest BCUT2D eigenvalue weighted by atomic mass is 10.3. The van der Waals surface area contributed by atoms with Crippen LogP contribution >= 0.6 is 11.3 Å². The predicted molar refractivity (Wildman–Crippen MR) is 66.5 cm³/mol. The highest BCUT2D eigenvalue weighted by Gasteiger charge is 2.08. The normalized spacial score (nSPS) is 13.4. The van der Waals surface area contributed by atoms with E-state index in [2.05, 4.69) is 43.1 Å². The van der Waals surface area contributed by atoms with Gasteiger partial charge in [0, 0.05) is 24.2 Å². The first-order valence-corrected chi connectivity index (χ1v) is 6.27. The number of nitrogens with zero attached hydrogens (tertiary/aromatic N) is 2. The SMILES string of the molecule is CCc1cnc(C(C)NCCN(C)C)s1. The second kappa shape index (κ2) is 6.20. The van der Waals surface area contributed by atoms with Crippen LogP contribution in [0.4, 0.5) is 0 Å². The second-order valence-corrected chi connectivity index (χ2v) is 5.14. The fraction of sp³-hybridized carbons (Fsp3) is 0.727. The molecule has 0 saturated carbocycles. The monoisotopic (exact) mass is 227 g/mol. The Morgan fingerprint density at radius 1 is 1.53 bits per heavy atom. The van der Waals surface area contributed by atoms with Crippen molar-refractivity contribution in [1.29, 1.82) is 0 Å². The smallest absolute Gasteiger partial charge is 0.109 e. The van der Waals surface area contributed by atoms with Gasteiger partial charge in [-0.25, -0.2) is 4.98 Å². The molecule has 1 atom stereocenters. The lowest BCUT2D eigenvalue weighted by Gasteiger charge is -2.14. The third-order valence-corrected chi connectivity index (χ3v) is 3.62. The van der Waals surface area contributed by atoms with Crippen LogP contribution in [-0.4, -0.2) is 37.1 Å². The Balaban J connectivity index is 2.36. The Hall–Kier alpha value is -0.450. The molecule has 0 aliphatic rings. The molecule has 0 aliphatic carbocycles. The van der Waals surface area contributed by atoms with Gasteiger partial charge in [-0.05, 0) is 27.4 Å². The summed E-state index contributed by atoms with van der Waals surface area (Å²) in [7, 11) is 4.18. The Kier molecular flexibility index (Phi) is 5.22. The highest BCUT2D eigenvalue weighted by Crippen LogP contribution is 2.19. The molecule has 0 spiro atoms. The number of likely N-dealkylation sites (N-methyl/N-ethyl adjacent to an activating group) is 1. The van der Waals surface area contributed by atoms with E-state index in [0.29, 0.717) is 6.04 Å². The molecule has 1 rings (SSSR count). The van der Waals surface area contributed by atoms with Crippen molar-refractivity contribution in [1.82, 2.24) is 15.2 Å². The molecule has 1 unspecified atom stereocenters. The standard InChI is InChI=1S/C11H21N3S/c1-5-10-8-13-11(15-10)9(2)12-6-7-14(3)4/h8-9,12H,5-7H2,1-4H3. The Bertz CT molecular complexity index is 283. The summed E-state index contributed by atoms with van der Waals surface area (Å²) in [6, 6.07) is 0.371. The fourth-order valence-electron chi connectivity index (χ4n) is 1.28. The van der Waals surface area contributed by atoms with Crippen LogP contribution in [0, 0.1) is 0 Å². The summed E-state index contributed by atoms with van der Waals surface area (Å²) in [5.74, 6) is 0. The zero-order valence-electron chi connectivity index (χ0n) is 10.1. The van der Waals surface area contributed by atoms with E-state index in [1.807, 2.05) is 17.5 Å². The maximum Gasteiger partial charge on any atom is 0.109 e. The van der Waals surface area contributed by atoms with Gasteiger partial charge in [-0.15, -0.1) is 11.3 Å². The van der Waals surface area contributed by atoms with Crippen molar-refractivity contribution in [3.63, 3.8) is 0 Å². The van der Waals surface area contributed by atoms with Crippen molar-refractivity contribution in [2.24, 2.45) is 0 Å². The van der Waals surface area contributed by atoms with Gasteiger partial charge in [0.15, 0.2) is 0 Å². The van der Waals surface area contributed by atoms with Crippen molar-refractivity contribution in [3.05, 3.63) is 16.1 Å². The van der Waals surface area contributed by atoms with E-state index in [-0.39, 0.29) is 0 Å². The number of hydrogen-bond acceptors (Lipinski definition) is 4. The van der Waals surface area contributed by atoms with Gasteiger partial charge in [-0.2, -0.15) is 0 Å². The Morgan fingerprint density at radius 2 is 2.27 bits per heavy atom. The molecule has 0 radical (unpaired) electrons. The molecular weight excluding hydrogens is 206 g/mol. The minimum atomic E-state index is 0.371. The molecule has 1 aromatic rings. The van der Waals surface area contributed by atoms with Gasteiger partial charge in [0.1, 0.15) is 5.01 Å². The van der Waals surface area contributed by atoms with Gasteiger partial charge in [-0.3, -0.25) is 0 Å². The molecule has 4 heteroatoms. The minimum absolute atomic E-state index is 0.371. The van der Waals surface area contributed by atoms with Crippen LogP contribution < -0.4 is 5.32 Å². The van der Waals surface area contributed by atoms with Gasteiger partial charge in [0.2, 0.25) is 0 Å². The lowest BCUT2D eigenvalue weighted by Crippen LogP contribution is -2.28. The van der Waals surface area contributed by atoms with Gasteiger partial charge in [-0.1, -0.05) is 6.92 Å². The van der Waals surface area contributed by atoms with E-state index in [1.54, 1.807) is 0 Å². The van der Waals surface area contributed by atoms with Gasteiger partial charge >= 0.3 is 0 Å². The van der Waals surface area contributed by atoms with Crippen LogP contribution in [-0.2, 0) is 6.42 Å². The van der Waals surface area contributed by atoms with Gasteiger partial charge in [0.05, 0.1) is 6.04 Å². The molecule has 3 nitrogen and oxygen atoms in total. The van der Waals surface area contributed by atoms with Crippen molar-refractivity contribution < 1.29 is 0 Å². The number of aryl methyl sites for hydroxylation is 1. The lowest BCUT2D eigenvalue weighted by molar-refractivity contribution is 0.389. The maximum atomic E-state index is 4.43. The largest absolute Gasteiger partial charge is 0.308 e. The molecule has 0 aromatic carbocycles. The van der Waals surface area contributed by atoms with Gasteiger partial charge in [0.25, 0.3) is 0 Å². The summed E-state index contributed by atoms with van der Waals surface area (Å²) >= 11 is 1.81. The average molecular weight is 227 g/mol. The summed E-state index contributed by atoms with van der Waals surface area (Å²) in [5.41, 5.74) is 0. The molecule has 86 valence electrons. The Labute approximate surface area is 96.5 Å². The fourth-order valence-corrected chi connectivity index (χ4v) is 2.16.